The van der Waals surface area contributed by atoms with Crippen molar-refractivity contribution in [3.63, 3.8) is 0 Å². The van der Waals surface area contributed by atoms with Crippen LogP contribution in [0.2, 0.25) is 0 Å². The number of phenolic OH excluding ortho intramolecular Hbond substituents is 1. The number of nitrogens with zero attached hydrogens (tertiary/aromatic N) is 1. The molecule has 0 amide bonds. The molecule has 1 heterocycles. The Balaban J connectivity index is 2.59. The summed E-state index contributed by atoms with van der Waals surface area (Å²) in [5, 5.41) is 19.5. The lowest BCUT2D eigenvalue weighted by Crippen LogP contribution is -1.99. The van der Waals surface area contributed by atoms with Crippen molar-refractivity contribution in [3.05, 3.63) is 29.5 Å². The molecule has 1 aromatic heterocycles. The molecule has 2 rings (SSSR count). The molecule has 0 spiro atoms. The highest BCUT2D eigenvalue weighted by atomic mass is 16.4. The summed E-state index contributed by atoms with van der Waals surface area (Å²) in [6, 6.07) is 5.34. The molecule has 0 bridgehead atoms. The number of carbonyl (C=O) groups is 1. The van der Waals surface area contributed by atoms with Gasteiger partial charge in [0.1, 0.15) is 5.75 Å². The smallest absolute Gasteiger partial charge is 0.303 e. The molecule has 0 atom stereocenters. The highest BCUT2D eigenvalue weighted by Crippen LogP contribution is 2.31. The largest absolute Gasteiger partial charge is 0.506 e. The van der Waals surface area contributed by atoms with Crippen LogP contribution in [0.25, 0.3) is 10.9 Å². The van der Waals surface area contributed by atoms with Crippen LogP contribution in [0.1, 0.15) is 17.7 Å². The van der Waals surface area contributed by atoms with E-state index in [1.807, 2.05) is 24.6 Å². The molecule has 0 aliphatic carbocycles. The minimum absolute atomic E-state index is 0.107. The Kier molecular flexibility index (Phi) is 2.79. The lowest BCUT2D eigenvalue weighted by Gasteiger charge is -2.00. The number of fused-ring (bicyclic) bond motifs is 1. The fraction of sp³-hybridized carbons (Fsp3) is 0.308. The van der Waals surface area contributed by atoms with Gasteiger partial charge < -0.3 is 14.8 Å². The van der Waals surface area contributed by atoms with E-state index in [1.54, 1.807) is 12.1 Å². The second kappa shape index (κ2) is 4.13. The molecule has 0 aliphatic heterocycles. The van der Waals surface area contributed by atoms with E-state index in [-0.39, 0.29) is 12.2 Å². The maximum absolute atomic E-state index is 10.6. The number of para-hydroxylation sites is 1. The molecular formula is C13H15NO3. The van der Waals surface area contributed by atoms with E-state index in [4.69, 9.17) is 5.11 Å². The van der Waals surface area contributed by atoms with Crippen LogP contribution in [0.15, 0.2) is 18.2 Å². The van der Waals surface area contributed by atoms with E-state index in [1.165, 1.54) is 0 Å². The van der Waals surface area contributed by atoms with E-state index >= 15 is 0 Å². The van der Waals surface area contributed by atoms with Crippen molar-refractivity contribution in [2.24, 2.45) is 7.05 Å². The summed E-state index contributed by atoms with van der Waals surface area (Å²) in [4.78, 5) is 10.6. The maximum atomic E-state index is 10.6. The molecule has 1 aromatic carbocycles. The van der Waals surface area contributed by atoms with Crippen LogP contribution in [0.4, 0.5) is 0 Å². The molecule has 2 N–H and O–H groups in total. The molecule has 0 radical (unpaired) electrons. The average molecular weight is 233 g/mol. The molecule has 2 aromatic rings. The quantitative estimate of drug-likeness (QED) is 0.854. The fourth-order valence-corrected chi connectivity index (χ4v) is 2.24. The van der Waals surface area contributed by atoms with Gasteiger partial charge in [-0.1, -0.05) is 12.1 Å². The molecule has 4 heteroatoms. The molecule has 0 saturated heterocycles. The number of carboxylic acids is 1. The van der Waals surface area contributed by atoms with E-state index in [0.29, 0.717) is 6.42 Å². The van der Waals surface area contributed by atoms with Crippen LogP contribution in [-0.2, 0) is 18.3 Å². The van der Waals surface area contributed by atoms with Gasteiger partial charge in [-0.15, -0.1) is 0 Å². The molecule has 4 nitrogen and oxygen atoms in total. The predicted molar refractivity (Wildman–Crippen MR) is 65.3 cm³/mol. The summed E-state index contributed by atoms with van der Waals surface area (Å²) in [6.45, 7) is 1.94. The molecular weight excluding hydrogens is 218 g/mol. The van der Waals surface area contributed by atoms with Crippen molar-refractivity contribution in [1.29, 1.82) is 0 Å². The van der Waals surface area contributed by atoms with Gasteiger partial charge in [0.05, 0.1) is 5.52 Å². The number of phenols is 1. The number of hydrogen-bond acceptors (Lipinski definition) is 2. The van der Waals surface area contributed by atoms with Crippen LogP contribution >= 0.6 is 0 Å². The van der Waals surface area contributed by atoms with E-state index in [9.17, 15) is 9.90 Å². The van der Waals surface area contributed by atoms with Crippen molar-refractivity contribution in [2.75, 3.05) is 0 Å². The topological polar surface area (TPSA) is 62.5 Å². The zero-order chi connectivity index (χ0) is 12.6. The second-order valence-corrected chi connectivity index (χ2v) is 4.19. The third kappa shape index (κ3) is 1.86. The Bertz CT molecular complexity index is 584. The molecule has 17 heavy (non-hydrogen) atoms. The van der Waals surface area contributed by atoms with Gasteiger partial charge in [0, 0.05) is 24.5 Å². The minimum atomic E-state index is -0.804. The van der Waals surface area contributed by atoms with Gasteiger partial charge in [-0.25, -0.2) is 0 Å². The van der Waals surface area contributed by atoms with Gasteiger partial charge in [-0.3, -0.25) is 4.79 Å². The standard InChI is InChI=1S/C13H15NO3/c1-8-9(6-7-12(16)17)10-4-3-5-11(15)13(10)14(8)2/h3-5,15H,6-7H2,1-2H3,(H,16,17). The van der Waals surface area contributed by atoms with Crippen LogP contribution < -0.4 is 0 Å². The summed E-state index contributed by atoms with van der Waals surface area (Å²) in [6.07, 6.45) is 0.595. The molecule has 0 fully saturated rings. The lowest BCUT2D eigenvalue weighted by molar-refractivity contribution is -0.136. The lowest BCUT2D eigenvalue weighted by atomic mass is 10.1. The number of aryl methyl sites for hydroxylation is 2. The van der Waals surface area contributed by atoms with Crippen LogP contribution in [-0.4, -0.2) is 20.7 Å². The average Bonchev–Trinajstić information content (AvgIpc) is 2.51. The molecule has 0 unspecified atom stereocenters. The number of carboxylic acid groups (broad SMARTS) is 1. The SMILES string of the molecule is Cc1c(CCC(=O)O)c2cccc(O)c2n1C. The van der Waals surface area contributed by atoms with Crippen molar-refractivity contribution in [2.45, 2.75) is 19.8 Å². The van der Waals surface area contributed by atoms with Crippen LogP contribution in [0.3, 0.4) is 0 Å². The van der Waals surface area contributed by atoms with Crippen molar-refractivity contribution in [1.82, 2.24) is 4.57 Å². The summed E-state index contributed by atoms with van der Waals surface area (Å²) in [5.41, 5.74) is 2.77. The predicted octanol–water partition coefficient (Wildman–Crippen LogP) is 2.21. The Morgan fingerprint density at radius 1 is 1.41 bits per heavy atom. The van der Waals surface area contributed by atoms with Crippen LogP contribution in [0, 0.1) is 6.92 Å². The molecule has 0 aliphatic rings. The van der Waals surface area contributed by atoms with Gasteiger partial charge >= 0.3 is 5.97 Å². The van der Waals surface area contributed by atoms with Gasteiger partial charge in [0.15, 0.2) is 0 Å². The zero-order valence-electron chi connectivity index (χ0n) is 9.90. The summed E-state index contributed by atoms with van der Waals surface area (Å²) < 4.78 is 1.90. The Morgan fingerprint density at radius 2 is 2.12 bits per heavy atom. The first-order chi connectivity index (χ1) is 8.02. The summed E-state index contributed by atoms with van der Waals surface area (Å²) in [5.74, 6) is -0.573. The van der Waals surface area contributed by atoms with E-state index < -0.39 is 5.97 Å². The number of aromatic nitrogens is 1. The first-order valence-corrected chi connectivity index (χ1v) is 5.50. The Hall–Kier alpha value is -1.97. The maximum Gasteiger partial charge on any atom is 0.303 e. The van der Waals surface area contributed by atoms with Crippen molar-refractivity contribution >= 4 is 16.9 Å². The van der Waals surface area contributed by atoms with E-state index in [0.717, 1.165) is 22.2 Å². The molecule has 0 saturated carbocycles. The number of aliphatic carboxylic acids is 1. The molecule has 90 valence electrons. The highest BCUT2D eigenvalue weighted by Gasteiger charge is 2.14. The van der Waals surface area contributed by atoms with Crippen molar-refractivity contribution in [3.8, 4) is 5.75 Å². The highest BCUT2D eigenvalue weighted by molar-refractivity contribution is 5.90. The number of aromatic hydroxyl groups is 1. The fourth-order valence-electron chi connectivity index (χ4n) is 2.24. The van der Waals surface area contributed by atoms with Gasteiger partial charge in [0.2, 0.25) is 0 Å². The van der Waals surface area contributed by atoms with E-state index in [2.05, 4.69) is 0 Å². The summed E-state index contributed by atoms with van der Waals surface area (Å²) >= 11 is 0. The second-order valence-electron chi connectivity index (χ2n) is 4.19. The zero-order valence-corrected chi connectivity index (χ0v) is 9.90. The van der Waals surface area contributed by atoms with Gasteiger partial charge in [-0.05, 0) is 25.0 Å². The van der Waals surface area contributed by atoms with Gasteiger partial charge in [-0.2, -0.15) is 0 Å². The normalized spacial score (nSPS) is 10.9. The minimum Gasteiger partial charge on any atom is -0.506 e. The Morgan fingerprint density at radius 3 is 2.76 bits per heavy atom. The van der Waals surface area contributed by atoms with Crippen LogP contribution in [0.5, 0.6) is 5.75 Å². The van der Waals surface area contributed by atoms with Gasteiger partial charge in [0.25, 0.3) is 0 Å². The van der Waals surface area contributed by atoms with Crippen molar-refractivity contribution < 1.29 is 15.0 Å². The Labute approximate surface area is 99.1 Å². The first kappa shape index (κ1) is 11.5. The monoisotopic (exact) mass is 233 g/mol. The number of hydrogen-bond donors (Lipinski definition) is 2. The number of rotatable bonds is 3. The number of benzene rings is 1. The summed E-state index contributed by atoms with van der Waals surface area (Å²) in [7, 11) is 1.88. The third-order valence-electron chi connectivity index (χ3n) is 3.20. The third-order valence-corrected chi connectivity index (χ3v) is 3.20. The first-order valence-electron chi connectivity index (χ1n) is 5.50.